The third kappa shape index (κ3) is 2.80. The van der Waals surface area contributed by atoms with Gasteiger partial charge in [0.15, 0.2) is 0 Å². The first-order valence-corrected chi connectivity index (χ1v) is 6.85. The lowest BCUT2D eigenvalue weighted by Crippen LogP contribution is -2.03. The highest BCUT2D eigenvalue weighted by Gasteiger charge is 2.37. The van der Waals surface area contributed by atoms with E-state index in [1.807, 2.05) is 12.1 Å². The van der Waals surface area contributed by atoms with Gasteiger partial charge in [-0.05, 0) is 58.9 Å². The fourth-order valence-corrected chi connectivity index (χ4v) is 2.77. The van der Waals surface area contributed by atoms with Crippen LogP contribution in [0.25, 0.3) is 11.1 Å². The number of rotatable bonds is 4. The summed E-state index contributed by atoms with van der Waals surface area (Å²) in [5.74, 6) is 1.04. The molecule has 1 nitrogen and oxygen atoms in total. The Balaban J connectivity index is 1.82. The molecular weight excluding hydrogens is 261 g/mol. The Hall–Kier alpha value is -1.38. The van der Waals surface area contributed by atoms with Gasteiger partial charge < -0.3 is 0 Å². The second-order valence-corrected chi connectivity index (χ2v) is 5.34. The van der Waals surface area contributed by atoms with Crippen molar-refractivity contribution in [3.63, 3.8) is 0 Å². The van der Waals surface area contributed by atoms with Crippen LogP contribution in [0.15, 0.2) is 48.5 Å². The van der Waals surface area contributed by atoms with Crippen molar-refractivity contribution < 1.29 is 4.39 Å². The maximum absolute atomic E-state index is 12.9. The molecule has 0 radical (unpaired) electrons. The number of halogens is 2. The van der Waals surface area contributed by atoms with Crippen molar-refractivity contribution in [2.45, 2.75) is 12.3 Å². The van der Waals surface area contributed by atoms with Crippen LogP contribution >= 0.6 is 11.8 Å². The summed E-state index contributed by atoms with van der Waals surface area (Å²) >= 11 is 5.55. The summed E-state index contributed by atoms with van der Waals surface area (Å²) < 4.78 is 12.9. The van der Waals surface area contributed by atoms with Gasteiger partial charge in [-0.15, -0.1) is 0 Å². The van der Waals surface area contributed by atoms with Crippen LogP contribution in [-0.4, -0.2) is 6.54 Å². The zero-order chi connectivity index (χ0) is 13.2. The first-order chi connectivity index (χ1) is 9.28. The highest BCUT2D eigenvalue weighted by Crippen LogP contribution is 2.47. The zero-order valence-corrected chi connectivity index (χ0v) is 11.2. The molecular formula is C16H15ClFN. The van der Waals surface area contributed by atoms with Crippen molar-refractivity contribution in [1.82, 2.24) is 4.84 Å². The summed E-state index contributed by atoms with van der Waals surface area (Å²) in [6.07, 6.45) is 1.19. The van der Waals surface area contributed by atoms with E-state index in [0.717, 1.165) is 17.7 Å². The van der Waals surface area contributed by atoms with Gasteiger partial charge in [0.25, 0.3) is 0 Å². The second kappa shape index (κ2) is 5.32. The monoisotopic (exact) mass is 275 g/mol. The molecule has 0 saturated heterocycles. The summed E-state index contributed by atoms with van der Waals surface area (Å²) in [7, 11) is 0. The van der Waals surface area contributed by atoms with Gasteiger partial charge in [-0.3, -0.25) is 0 Å². The van der Waals surface area contributed by atoms with Crippen LogP contribution < -0.4 is 4.84 Å². The van der Waals surface area contributed by atoms with E-state index in [9.17, 15) is 4.39 Å². The molecule has 1 aliphatic rings. The first kappa shape index (κ1) is 12.6. The Bertz CT molecular complexity index is 567. The SMILES string of the molecule is Fc1ccc(-c2cccc(C3CC3CNCl)c2)cc1. The molecule has 0 bridgehead atoms. The van der Waals surface area contributed by atoms with Crippen molar-refractivity contribution in [1.29, 1.82) is 0 Å². The Kier molecular flexibility index (Phi) is 3.54. The predicted octanol–water partition coefficient (Wildman–Crippen LogP) is 4.34. The van der Waals surface area contributed by atoms with Gasteiger partial charge in [0.1, 0.15) is 5.82 Å². The van der Waals surface area contributed by atoms with E-state index in [2.05, 4.69) is 29.1 Å². The van der Waals surface area contributed by atoms with Crippen molar-refractivity contribution in [3.05, 3.63) is 59.9 Å². The lowest BCUT2D eigenvalue weighted by atomic mass is 10.0. The summed E-state index contributed by atoms with van der Waals surface area (Å²) in [5.41, 5.74) is 3.54. The average molecular weight is 276 g/mol. The molecule has 0 spiro atoms. The van der Waals surface area contributed by atoms with Gasteiger partial charge in [0.2, 0.25) is 0 Å². The topological polar surface area (TPSA) is 12.0 Å². The Labute approximate surface area is 117 Å². The van der Waals surface area contributed by atoms with E-state index >= 15 is 0 Å². The molecule has 3 rings (SSSR count). The summed E-state index contributed by atoms with van der Waals surface area (Å²) in [4.78, 5) is 2.71. The molecule has 0 amide bonds. The number of hydrogen-bond acceptors (Lipinski definition) is 1. The molecule has 1 N–H and O–H groups in total. The number of benzene rings is 2. The van der Waals surface area contributed by atoms with Crippen molar-refractivity contribution in [2.75, 3.05) is 6.54 Å². The van der Waals surface area contributed by atoms with E-state index < -0.39 is 0 Å². The quantitative estimate of drug-likeness (QED) is 0.819. The molecule has 98 valence electrons. The Morgan fingerprint density at radius 3 is 2.63 bits per heavy atom. The van der Waals surface area contributed by atoms with Crippen LogP contribution in [0.2, 0.25) is 0 Å². The van der Waals surface area contributed by atoms with Crippen molar-refractivity contribution in [3.8, 4) is 11.1 Å². The van der Waals surface area contributed by atoms with E-state index in [4.69, 9.17) is 11.8 Å². The molecule has 2 atom stereocenters. The normalized spacial score (nSPS) is 21.4. The molecule has 0 heterocycles. The Morgan fingerprint density at radius 1 is 1.11 bits per heavy atom. The third-order valence-corrected chi connectivity index (χ3v) is 3.91. The summed E-state index contributed by atoms with van der Waals surface area (Å²) in [5, 5.41) is 0. The molecule has 1 fully saturated rings. The maximum atomic E-state index is 12.9. The lowest BCUT2D eigenvalue weighted by molar-refractivity contribution is 0.628. The average Bonchev–Trinajstić information content (AvgIpc) is 3.20. The molecule has 19 heavy (non-hydrogen) atoms. The minimum Gasteiger partial charge on any atom is -0.233 e. The predicted molar refractivity (Wildman–Crippen MR) is 76.5 cm³/mol. The van der Waals surface area contributed by atoms with Gasteiger partial charge in [0.05, 0.1) is 0 Å². The van der Waals surface area contributed by atoms with Gasteiger partial charge in [0, 0.05) is 6.54 Å². The van der Waals surface area contributed by atoms with E-state index in [0.29, 0.717) is 11.8 Å². The van der Waals surface area contributed by atoms with Crippen LogP contribution in [0.4, 0.5) is 4.39 Å². The van der Waals surface area contributed by atoms with Crippen LogP contribution in [0.1, 0.15) is 17.9 Å². The van der Waals surface area contributed by atoms with Crippen molar-refractivity contribution >= 4 is 11.8 Å². The number of nitrogens with one attached hydrogen (secondary N) is 1. The van der Waals surface area contributed by atoms with E-state index in [1.165, 1.54) is 24.1 Å². The molecule has 1 saturated carbocycles. The van der Waals surface area contributed by atoms with E-state index in [1.54, 1.807) is 0 Å². The minimum atomic E-state index is -0.199. The third-order valence-electron chi connectivity index (χ3n) is 3.75. The highest BCUT2D eigenvalue weighted by molar-refractivity contribution is 6.13. The molecule has 2 aromatic rings. The van der Waals surface area contributed by atoms with Crippen LogP contribution in [0.3, 0.4) is 0 Å². The highest BCUT2D eigenvalue weighted by atomic mass is 35.5. The lowest BCUT2D eigenvalue weighted by Gasteiger charge is -2.05. The standard InChI is InChI=1S/C16H15ClFN/c17-19-10-14-9-16(14)13-3-1-2-12(8-13)11-4-6-15(18)7-5-11/h1-8,14,16,19H,9-10H2. The first-order valence-electron chi connectivity index (χ1n) is 6.47. The molecule has 3 heteroatoms. The fourth-order valence-electron chi connectivity index (χ4n) is 2.57. The van der Waals surface area contributed by atoms with E-state index in [-0.39, 0.29) is 5.82 Å². The Morgan fingerprint density at radius 2 is 1.89 bits per heavy atom. The molecule has 0 aromatic heterocycles. The van der Waals surface area contributed by atoms with Crippen LogP contribution in [0.5, 0.6) is 0 Å². The van der Waals surface area contributed by atoms with Crippen LogP contribution in [-0.2, 0) is 0 Å². The molecule has 2 unspecified atom stereocenters. The largest absolute Gasteiger partial charge is 0.233 e. The smallest absolute Gasteiger partial charge is 0.123 e. The van der Waals surface area contributed by atoms with Gasteiger partial charge in [-0.1, -0.05) is 36.4 Å². The fraction of sp³-hybridized carbons (Fsp3) is 0.250. The number of hydrogen-bond donors (Lipinski definition) is 1. The summed E-state index contributed by atoms with van der Waals surface area (Å²) in [6, 6.07) is 15.1. The van der Waals surface area contributed by atoms with Gasteiger partial charge in [-0.25, -0.2) is 9.23 Å². The molecule has 1 aliphatic carbocycles. The second-order valence-electron chi connectivity index (χ2n) is 5.07. The van der Waals surface area contributed by atoms with Crippen LogP contribution in [0, 0.1) is 11.7 Å². The zero-order valence-electron chi connectivity index (χ0n) is 10.4. The molecule has 0 aliphatic heterocycles. The van der Waals surface area contributed by atoms with Gasteiger partial charge in [-0.2, -0.15) is 0 Å². The molecule has 2 aromatic carbocycles. The minimum absolute atomic E-state index is 0.199. The van der Waals surface area contributed by atoms with Gasteiger partial charge >= 0.3 is 0 Å². The van der Waals surface area contributed by atoms with Crippen molar-refractivity contribution in [2.24, 2.45) is 5.92 Å². The summed E-state index contributed by atoms with van der Waals surface area (Å²) in [6.45, 7) is 0.854. The maximum Gasteiger partial charge on any atom is 0.123 e.